The van der Waals surface area contributed by atoms with Crippen LogP contribution in [0.5, 0.6) is 0 Å². The molecule has 0 aromatic heterocycles. The van der Waals surface area contributed by atoms with Gasteiger partial charge in [0.25, 0.3) is 0 Å². The zero-order valence-corrected chi connectivity index (χ0v) is 16.7. The minimum absolute atomic E-state index is 0.0931. The van der Waals surface area contributed by atoms with Crippen molar-refractivity contribution in [3.63, 3.8) is 0 Å². The highest BCUT2D eigenvalue weighted by Crippen LogP contribution is 2.64. The van der Waals surface area contributed by atoms with E-state index in [0.29, 0.717) is 23.7 Å². The molecule has 0 aromatic rings. The molecule has 25 heavy (non-hydrogen) atoms. The lowest BCUT2D eigenvalue weighted by atomic mass is 9.49. The summed E-state index contributed by atoms with van der Waals surface area (Å²) in [6.07, 6.45) is 7.56. The van der Waals surface area contributed by atoms with E-state index in [1.165, 1.54) is 19.3 Å². The van der Waals surface area contributed by atoms with Crippen LogP contribution in [-0.4, -0.2) is 31.2 Å². The predicted octanol–water partition coefficient (Wildman–Crippen LogP) is 4.55. The Morgan fingerprint density at radius 3 is 2.48 bits per heavy atom. The van der Waals surface area contributed by atoms with Gasteiger partial charge >= 0.3 is 0 Å². The Labute approximate surface area is 153 Å². The van der Waals surface area contributed by atoms with Gasteiger partial charge in [-0.15, -0.1) is 0 Å². The number of hydrogen-bond acceptors (Lipinski definition) is 3. The van der Waals surface area contributed by atoms with Crippen molar-refractivity contribution in [3.05, 3.63) is 11.1 Å². The molecular formula is C22H36O3. The molecule has 0 heterocycles. The molecule has 0 spiro atoms. The fourth-order valence-electron chi connectivity index (χ4n) is 7.53. The molecular weight excluding hydrogens is 312 g/mol. The van der Waals surface area contributed by atoms with Gasteiger partial charge in [0.2, 0.25) is 0 Å². The predicted molar refractivity (Wildman–Crippen MR) is 99.0 cm³/mol. The highest BCUT2D eigenvalue weighted by molar-refractivity contribution is 5.30. The molecule has 3 nitrogen and oxygen atoms in total. The second-order valence-electron chi connectivity index (χ2n) is 9.80. The lowest BCUT2D eigenvalue weighted by Gasteiger charge is -2.57. The summed E-state index contributed by atoms with van der Waals surface area (Å²) in [5, 5.41) is 10.7. The Bertz CT molecular complexity index is 564. The first-order chi connectivity index (χ1) is 11.8. The van der Waals surface area contributed by atoms with Crippen LogP contribution in [0.4, 0.5) is 0 Å². The van der Waals surface area contributed by atoms with Crippen molar-refractivity contribution in [1.29, 1.82) is 0 Å². The maximum absolute atomic E-state index is 10.7. The lowest BCUT2D eigenvalue weighted by Crippen LogP contribution is -2.52. The van der Waals surface area contributed by atoms with Gasteiger partial charge in [0.05, 0.1) is 6.10 Å². The van der Waals surface area contributed by atoms with Crippen LogP contribution in [0, 0.1) is 35.0 Å². The summed E-state index contributed by atoms with van der Waals surface area (Å²) >= 11 is 0. The Balaban J connectivity index is 1.70. The third kappa shape index (κ3) is 2.49. The Hall–Kier alpha value is -0.380. The molecule has 3 unspecified atom stereocenters. The molecule has 0 amide bonds. The smallest absolute Gasteiger partial charge is 0.171 e. The van der Waals surface area contributed by atoms with Crippen LogP contribution in [0.15, 0.2) is 11.1 Å². The van der Waals surface area contributed by atoms with Gasteiger partial charge in [0, 0.05) is 27.1 Å². The van der Waals surface area contributed by atoms with Crippen LogP contribution < -0.4 is 0 Å². The summed E-state index contributed by atoms with van der Waals surface area (Å²) in [4.78, 5) is 0. The van der Waals surface area contributed by atoms with Gasteiger partial charge < -0.3 is 14.6 Å². The molecule has 0 saturated heterocycles. The van der Waals surface area contributed by atoms with E-state index in [1.54, 1.807) is 25.4 Å². The fraction of sp³-hybridized carbons (Fsp3) is 0.909. The van der Waals surface area contributed by atoms with Gasteiger partial charge in [-0.2, -0.15) is 0 Å². The molecule has 0 aromatic carbocycles. The van der Waals surface area contributed by atoms with E-state index >= 15 is 0 Å². The number of methoxy groups -OCH3 is 2. The summed E-state index contributed by atoms with van der Waals surface area (Å²) in [5.41, 5.74) is 3.51. The monoisotopic (exact) mass is 348 g/mol. The molecule has 4 rings (SSSR count). The van der Waals surface area contributed by atoms with Crippen LogP contribution in [0.2, 0.25) is 0 Å². The molecule has 1 N–H and O–H groups in total. The fourth-order valence-corrected chi connectivity index (χ4v) is 7.53. The van der Waals surface area contributed by atoms with Crippen LogP contribution in [0.1, 0.15) is 65.7 Å². The molecule has 0 bridgehead atoms. The third-order valence-electron chi connectivity index (χ3n) is 8.70. The molecule has 0 radical (unpaired) electrons. The SMILES string of the molecule is COC1(OC)CCC2=C(C[C@@H](C)C3C2[C@@H](C)C[C@@]2(C)C3CC[C@@H]2O)C1. The Morgan fingerprint density at radius 1 is 1.08 bits per heavy atom. The molecule has 7 atom stereocenters. The van der Waals surface area contributed by atoms with Gasteiger partial charge in [-0.3, -0.25) is 0 Å². The first-order valence-corrected chi connectivity index (χ1v) is 10.3. The maximum atomic E-state index is 10.7. The van der Waals surface area contributed by atoms with E-state index in [0.717, 1.165) is 31.6 Å². The van der Waals surface area contributed by atoms with E-state index in [2.05, 4.69) is 20.8 Å². The highest BCUT2D eigenvalue weighted by atomic mass is 16.7. The van der Waals surface area contributed by atoms with Gasteiger partial charge in [0.1, 0.15) is 0 Å². The van der Waals surface area contributed by atoms with Crippen LogP contribution in [0.3, 0.4) is 0 Å². The van der Waals surface area contributed by atoms with Crippen molar-refractivity contribution in [2.45, 2.75) is 77.6 Å². The molecule has 142 valence electrons. The van der Waals surface area contributed by atoms with Crippen LogP contribution >= 0.6 is 0 Å². The van der Waals surface area contributed by atoms with Crippen molar-refractivity contribution in [1.82, 2.24) is 0 Å². The normalized spacial score (nSPS) is 48.7. The van der Waals surface area contributed by atoms with E-state index < -0.39 is 5.79 Å². The van der Waals surface area contributed by atoms with Gasteiger partial charge in [0.15, 0.2) is 5.79 Å². The number of rotatable bonds is 2. The molecule has 2 fully saturated rings. The van der Waals surface area contributed by atoms with Crippen LogP contribution in [0.25, 0.3) is 0 Å². The van der Waals surface area contributed by atoms with E-state index in [-0.39, 0.29) is 11.5 Å². The van der Waals surface area contributed by atoms with Crippen molar-refractivity contribution >= 4 is 0 Å². The van der Waals surface area contributed by atoms with E-state index in [1.807, 2.05) is 0 Å². The Morgan fingerprint density at radius 2 is 1.80 bits per heavy atom. The summed E-state index contributed by atoms with van der Waals surface area (Å²) in [6.45, 7) is 7.28. The summed E-state index contributed by atoms with van der Waals surface area (Å²) < 4.78 is 11.6. The average Bonchev–Trinajstić information content (AvgIpc) is 2.88. The second-order valence-corrected chi connectivity index (χ2v) is 9.80. The Kier molecular flexibility index (Phi) is 4.37. The molecule has 2 saturated carbocycles. The van der Waals surface area contributed by atoms with Crippen molar-refractivity contribution in [3.8, 4) is 0 Å². The number of allylic oxidation sites excluding steroid dienone is 1. The van der Waals surface area contributed by atoms with Gasteiger partial charge in [-0.1, -0.05) is 31.9 Å². The summed E-state index contributed by atoms with van der Waals surface area (Å²) in [6, 6.07) is 0. The molecule has 4 aliphatic rings. The van der Waals surface area contributed by atoms with Crippen LogP contribution in [-0.2, 0) is 9.47 Å². The zero-order valence-electron chi connectivity index (χ0n) is 16.7. The second kappa shape index (κ2) is 6.07. The van der Waals surface area contributed by atoms with Crippen molar-refractivity contribution in [2.24, 2.45) is 35.0 Å². The summed E-state index contributed by atoms with van der Waals surface area (Å²) in [5.74, 6) is 3.14. The number of aliphatic hydroxyl groups is 1. The topological polar surface area (TPSA) is 38.7 Å². The lowest BCUT2D eigenvalue weighted by molar-refractivity contribution is -0.214. The molecule has 0 aliphatic heterocycles. The number of ether oxygens (including phenoxy) is 2. The van der Waals surface area contributed by atoms with Gasteiger partial charge in [-0.05, 0) is 67.1 Å². The number of aliphatic hydroxyl groups excluding tert-OH is 1. The van der Waals surface area contributed by atoms with Crippen molar-refractivity contribution in [2.75, 3.05) is 14.2 Å². The van der Waals surface area contributed by atoms with E-state index in [4.69, 9.17) is 9.47 Å². The average molecular weight is 349 g/mol. The summed E-state index contributed by atoms with van der Waals surface area (Å²) in [7, 11) is 3.58. The molecule has 4 aliphatic carbocycles. The quantitative estimate of drug-likeness (QED) is 0.588. The maximum Gasteiger partial charge on any atom is 0.171 e. The third-order valence-corrected chi connectivity index (χ3v) is 8.70. The largest absolute Gasteiger partial charge is 0.393 e. The zero-order chi connectivity index (χ0) is 18.0. The van der Waals surface area contributed by atoms with Gasteiger partial charge in [-0.25, -0.2) is 0 Å². The first kappa shape index (κ1) is 18.0. The number of hydrogen-bond donors (Lipinski definition) is 1. The molecule has 3 heteroatoms. The minimum atomic E-state index is -0.401. The first-order valence-electron chi connectivity index (χ1n) is 10.3. The van der Waals surface area contributed by atoms with Crippen molar-refractivity contribution < 1.29 is 14.6 Å². The highest BCUT2D eigenvalue weighted by Gasteiger charge is 2.59. The minimum Gasteiger partial charge on any atom is -0.393 e. The standard InChI is InChI=1S/C22H36O3/c1-13-10-15-12-22(24-4,25-5)9-8-16(15)19-14(2)11-21(3)17(20(13)19)6-7-18(21)23/h13-14,17-20,23H,6-12H2,1-5H3/t13-,14+,17?,18+,19?,20?,21+/m1/s1. The van der Waals surface area contributed by atoms with E-state index in [9.17, 15) is 5.11 Å². The number of fused-ring (bicyclic) bond motifs is 4.